The molecule has 1 saturated heterocycles. The molecule has 2 heterocycles. The van der Waals surface area contributed by atoms with Gasteiger partial charge in [0.15, 0.2) is 18.1 Å². The van der Waals surface area contributed by atoms with Gasteiger partial charge in [-0.15, -0.1) is 0 Å². The molecular weight excluding hydrogens is 520 g/mol. The number of hydrogen-bond acceptors (Lipinski definition) is 8. The van der Waals surface area contributed by atoms with Crippen molar-refractivity contribution < 1.29 is 33.4 Å². The van der Waals surface area contributed by atoms with Gasteiger partial charge >= 0.3 is 5.97 Å². The van der Waals surface area contributed by atoms with Crippen molar-refractivity contribution in [3.63, 3.8) is 0 Å². The zero-order chi connectivity index (χ0) is 26.5. The van der Waals surface area contributed by atoms with Crippen molar-refractivity contribution in [2.75, 3.05) is 33.4 Å². The fraction of sp³-hybridized carbons (Fsp3) is 0.308. The fourth-order valence-corrected chi connectivity index (χ4v) is 5.11. The standard InChI is InChI=1S/C26H25ClN2O7S/c1-3-35-20-11-16(10-19(27)24(20)36-15-23(31)34-2)12-21-25(32)29(26(33)37-21)14-22(30)28-9-8-17-6-4-5-7-18(17)13-28/h4-7,10-12H,3,8-9,13-15H2,1-2H3/b21-12-. The minimum absolute atomic E-state index is 0.154. The molecule has 1 fully saturated rings. The fourth-order valence-electron chi connectivity index (χ4n) is 4.00. The average molecular weight is 545 g/mol. The van der Waals surface area contributed by atoms with E-state index in [1.807, 2.05) is 24.3 Å². The van der Waals surface area contributed by atoms with Crippen molar-refractivity contribution >= 4 is 52.5 Å². The van der Waals surface area contributed by atoms with Crippen molar-refractivity contribution in [3.8, 4) is 11.5 Å². The van der Waals surface area contributed by atoms with E-state index in [9.17, 15) is 19.2 Å². The maximum Gasteiger partial charge on any atom is 0.343 e. The van der Waals surface area contributed by atoms with Crippen LogP contribution in [0.15, 0.2) is 41.3 Å². The molecule has 37 heavy (non-hydrogen) atoms. The van der Waals surface area contributed by atoms with Crippen molar-refractivity contribution in [1.82, 2.24) is 9.80 Å². The van der Waals surface area contributed by atoms with E-state index >= 15 is 0 Å². The normalized spacial score (nSPS) is 16.1. The molecule has 2 aromatic carbocycles. The van der Waals surface area contributed by atoms with E-state index in [0.717, 1.165) is 28.6 Å². The van der Waals surface area contributed by atoms with Gasteiger partial charge in [0.1, 0.15) is 6.54 Å². The van der Waals surface area contributed by atoms with Crippen LogP contribution in [0.3, 0.4) is 0 Å². The first kappa shape index (κ1) is 26.6. The second kappa shape index (κ2) is 11.7. The molecule has 0 aromatic heterocycles. The third-order valence-corrected chi connectivity index (χ3v) is 7.03. The monoisotopic (exact) mass is 544 g/mol. The van der Waals surface area contributed by atoms with Gasteiger partial charge in [0, 0.05) is 13.1 Å². The van der Waals surface area contributed by atoms with Crippen LogP contribution in [0.5, 0.6) is 11.5 Å². The van der Waals surface area contributed by atoms with E-state index in [2.05, 4.69) is 4.74 Å². The number of esters is 1. The third kappa shape index (κ3) is 6.08. The summed E-state index contributed by atoms with van der Waals surface area (Å²) in [6, 6.07) is 11.0. The number of imide groups is 1. The zero-order valence-electron chi connectivity index (χ0n) is 20.3. The van der Waals surface area contributed by atoms with E-state index < -0.39 is 17.1 Å². The zero-order valence-corrected chi connectivity index (χ0v) is 21.9. The number of thioether (sulfide) groups is 1. The Balaban J connectivity index is 1.48. The van der Waals surface area contributed by atoms with Crippen LogP contribution in [0.2, 0.25) is 5.02 Å². The molecule has 4 rings (SSSR count). The highest BCUT2D eigenvalue weighted by atomic mass is 35.5. The molecule has 0 aliphatic carbocycles. The number of hydrogen-bond donors (Lipinski definition) is 0. The molecule has 0 saturated carbocycles. The molecular formula is C26H25ClN2O7S. The third-order valence-electron chi connectivity index (χ3n) is 5.84. The van der Waals surface area contributed by atoms with Crippen LogP contribution in [0.1, 0.15) is 23.6 Å². The molecule has 0 atom stereocenters. The van der Waals surface area contributed by atoms with Gasteiger partial charge in [-0.3, -0.25) is 19.3 Å². The van der Waals surface area contributed by atoms with Crippen LogP contribution in [-0.2, 0) is 32.1 Å². The summed E-state index contributed by atoms with van der Waals surface area (Å²) in [6.45, 7) is 2.37. The molecule has 3 amide bonds. The molecule has 9 nitrogen and oxygen atoms in total. The largest absolute Gasteiger partial charge is 0.490 e. The number of fused-ring (bicyclic) bond motifs is 1. The summed E-state index contributed by atoms with van der Waals surface area (Å²) in [5.74, 6) is -0.995. The number of carbonyl (C=O) groups is 4. The predicted molar refractivity (Wildman–Crippen MR) is 138 cm³/mol. The SMILES string of the molecule is CCOc1cc(/C=C2\SC(=O)N(CC(=O)N3CCc4ccccc4C3)C2=O)cc(Cl)c1OCC(=O)OC. The summed E-state index contributed by atoms with van der Waals surface area (Å²) in [4.78, 5) is 52.8. The Bertz CT molecular complexity index is 1280. The minimum atomic E-state index is -0.584. The number of halogens is 1. The number of benzene rings is 2. The molecule has 11 heteroatoms. The topological polar surface area (TPSA) is 102 Å². The van der Waals surface area contributed by atoms with Gasteiger partial charge in [-0.25, -0.2) is 4.79 Å². The highest BCUT2D eigenvalue weighted by Crippen LogP contribution is 2.39. The Labute approximate surface area is 223 Å². The van der Waals surface area contributed by atoms with Crippen LogP contribution >= 0.6 is 23.4 Å². The van der Waals surface area contributed by atoms with Gasteiger partial charge in [0.2, 0.25) is 5.91 Å². The van der Waals surface area contributed by atoms with Gasteiger partial charge in [0.05, 0.1) is 23.6 Å². The Morgan fingerprint density at radius 1 is 1.14 bits per heavy atom. The molecule has 0 N–H and O–H groups in total. The molecule has 194 valence electrons. The molecule has 0 unspecified atom stereocenters. The molecule has 2 aliphatic heterocycles. The van der Waals surface area contributed by atoms with E-state index in [-0.39, 0.29) is 40.5 Å². The summed E-state index contributed by atoms with van der Waals surface area (Å²) < 4.78 is 15.6. The first-order chi connectivity index (χ1) is 17.8. The van der Waals surface area contributed by atoms with E-state index in [0.29, 0.717) is 25.3 Å². The number of methoxy groups -OCH3 is 1. The second-order valence-electron chi connectivity index (χ2n) is 8.23. The van der Waals surface area contributed by atoms with E-state index in [1.165, 1.54) is 24.8 Å². The van der Waals surface area contributed by atoms with Crippen LogP contribution < -0.4 is 9.47 Å². The van der Waals surface area contributed by atoms with Crippen LogP contribution in [0.25, 0.3) is 6.08 Å². The van der Waals surface area contributed by atoms with Gasteiger partial charge in [0.25, 0.3) is 11.1 Å². The summed E-state index contributed by atoms with van der Waals surface area (Å²) in [7, 11) is 1.24. The molecule has 0 spiro atoms. The quantitative estimate of drug-likeness (QED) is 0.364. The lowest BCUT2D eigenvalue weighted by atomic mass is 10.00. The molecule has 2 aromatic rings. The summed E-state index contributed by atoms with van der Waals surface area (Å²) in [6.07, 6.45) is 2.23. The second-order valence-corrected chi connectivity index (χ2v) is 9.63. The Morgan fingerprint density at radius 3 is 2.62 bits per heavy atom. The van der Waals surface area contributed by atoms with Gasteiger partial charge in [-0.05, 0) is 60.0 Å². The van der Waals surface area contributed by atoms with Gasteiger partial charge in [-0.1, -0.05) is 35.9 Å². The number of amides is 3. The minimum Gasteiger partial charge on any atom is -0.490 e. The van der Waals surface area contributed by atoms with Crippen molar-refractivity contribution in [3.05, 3.63) is 63.0 Å². The highest BCUT2D eigenvalue weighted by Gasteiger charge is 2.37. The van der Waals surface area contributed by atoms with Crippen LogP contribution in [0.4, 0.5) is 4.79 Å². The van der Waals surface area contributed by atoms with Crippen molar-refractivity contribution in [2.24, 2.45) is 0 Å². The smallest absolute Gasteiger partial charge is 0.343 e. The maximum absolute atomic E-state index is 13.0. The van der Waals surface area contributed by atoms with Crippen molar-refractivity contribution in [2.45, 2.75) is 19.9 Å². The number of ether oxygens (including phenoxy) is 3. The maximum atomic E-state index is 13.0. The predicted octanol–water partition coefficient (Wildman–Crippen LogP) is 3.91. The van der Waals surface area contributed by atoms with Crippen LogP contribution in [0, 0.1) is 0 Å². The Morgan fingerprint density at radius 2 is 1.89 bits per heavy atom. The Kier molecular flexibility index (Phi) is 8.40. The van der Waals surface area contributed by atoms with Crippen molar-refractivity contribution in [1.29, 1.82) is 0 Å². The summed E-state index contributed by atoms with van der Waals surface area (Å²) in [5, 5.41) is -0.364. The number of rotatable bonds is 8. The number of carbonyl (C=O) groups excluding carboxylic acids is 4. The Hall–Kier alpha value is -3.50. The first-order valence-corrected chi connectivity index (χ1v) is 12.8. The first-order valence-electron chi connectivity index (χ1n) is 11.6. The number of nitrogens with zero attached hydrogens (tertiary/aromatic N) is 2. The van der Waals surface area contributed by atoms with Crippen LogP contribution in [-0.4, -0.2) is 66.2 Å². The lowest BCUT2D eigenvalue weighted by molar-refractivity contribution is -0.143. The molecule has 2 aliphatic rings. The lowest BCUT2D eigenvalue weighted by Crippen LogP contribution is -2.44. The summed E-state index contributed by atoms with van der Waals surface area (Å²) >= 11 is 7.11. The average Bonchev–Trinajstić information content (AvgIpc) is 3.15. The molecule has 0 bridgehead atoms. The lowest BCUT2D eigenvalue weighted by Gasteiger charge is -2.29. The van der Waals surface area contributed by atoms with Gasteiger partial charge in [-0.2, -0.15) is 0 Å². The summed E-state index contributed by atoms with van der Waals surface area (Å²) in [5.41, 5.74) is 2.76. The van der Waals surface area contributed by atoms with E-state index in [4.69, 9.17) is 21.1 Å². The van der Waals surface area contributed by atoms with Gasteiger partial charge < -0.3 is 19.1 Å². The highest BCUT2D eigenvalue weighted by molar-refractivity contribution is 8.18. The van der Waals surface area contributed by atoms with E-state index in [1.54, 1.807) is 17.9 Å². The molecule has 0 radical (unpaired) electrons.